The average Bonchev–Trinajstić information content (AvgIpc) is 3.39. The molecular weight excluding hydrogens is 468 g/mol. The lowest BCUT2D eigenvalue weighted by Crippen LogP contribution is -2.46. The molecule has 8 nitrogen and oxygen atoms in total. The van der Waals surface area contributed by atoms with Crippen LogP contribution in [0.4, 0.5) is 10.5 Å². The molecule has 0 saturated heterocycles. The van der Waals surface area contributed by atoms with Crippen molar-refractivity contribution in [3.05, 3.63) is 95.5 Å². The van der Waals surface area contributed by atoms with Crippen LogP contribution in [0.2, 0.25) is 0 Å². The van der Waals surface area contributed by atoms with Gasteiger partial charge in [-0.05, 0) is 50.6 Å². The Kier molecular flexibility index (Phi) is 6.64. The fourth-order valence-electron chi connectivity index (χ4n) is 4.41. The standard InChI is InChI=1S/C29H28N4O4/c1-5-36-23-15-13-20(14-16-23)26-25(28-31-27(32-37-28)21-11-9-18(2)10-12-21)19(3)33(29(34)30-26)22-7-6-8-24(17-22)35-4/h6-17,26H,5H2,1-4H3,(H,30,34). The summed E-state index contributed by atoms with van der Waals surface area (Å²) in [6.07, 6.45) is 0. The molecule has 1 atom stereocenters. The molecule has 0 spiro atoms. The SMILES string of the molecule is CCOc1ccc(C2NC(=O)N(c3cccc(OC)c3)C(C)=C2c2nc(-c3ccc(C)cc3)no2)cc1. The van der Waals surface area contributed by atoms with Gasteiger partial charge < -0.3 is 19.3 Å². The number of hydrogen-bond donors (Lipinski definition) is 1. The van der Waals surface area contributed by atoms with E-state index in [0.29, 0.717) is 41.0 Å². The molecule has 5 rings (SSSR count). The molecule has 0 fully saturated rings. The van der Waals surface area contributed by atoms with Crippen molar-refractivity contribution in [1.82, 2.24) is 15.5 Å². The summed E-state index contributed by atoms with van der Waals surface area (Å²) in [7, 11) is 1.59. The predicted molar refractivity (Wildman–Crippen MR) is 141 cm³/mol. The van der Waals surface area contributed by atoms with Gasteiger partial charge in [0, 0.05) is 17.3 Å². The van der Waals surface area contributed by atoms with E-state index in [9.17, 15) is 4.79 Å². The molecule has 1 aliphatic rings. The van der Waals surface area contributed by atoms with Crippen molar-refractivity contribution in [2.75, 3.05) is 18.6 Å². The summed E-state index contributed by atoms with van der Waals surface area (Å²) < 4.78 is 16.8. The van der Waals surface area contributed by atoms with Crippen LogP contribution in [0.25, 0.3) is 17.0 Å². The highest BCUT2D eigenvalue weighted by Crippen LogP contribution is 2.40. The highest BCUT2D eigenvalue weighted by Gasteiger charge is 2.36. The van der Waals surface area contributed by atoms with Gasteiger partial charge in [-0.25, -0.2) is 4.79 Å². The monoisotopic (exact) mass is 496 g/mol. The number of amides is 2. The van der Waals surface area contributed by atoms with Crippen LogP contribution in [-0.2, 0) is 0 Å². The van der Waals surface area contributed by atoms with E-state index in [1.54, 1.807) is 12.0 Å². The summed E-state index contributed by atoms with van der Waals surface area (Å²) in [4.78, 5) is 19.8. The van der Waals surface area contributed by atoms with Gasteiger partial charge in [0.15, 0.2) is 0 Å². The van der Waals surface area contributed by atoms with E-state index in [-0.39, 0.29) is 6.03 Å². The molecule has 1 aliphatic heterocycles. The fraction of sp³-hybridized carbons (Fsp3) is 0.207. The number of urea groups is 1. The molecule has 2 heterocycles. The molecule has 0 radical (unpaired) electrons. The normalized spacial score (nSPS) is 15.5. The molecule has 1 unspecified atom stereocenters. The van der Waals surface area contributed by atoms with Crippen LogP contribution in [0.5, 0.6) is 11.5 Å². The summed E-state index contributed by atoms with van der Waals surface area (Å²) in [5.74, 6) is 2.21. The molecule has 188 valence electrons. The first-order chi connectivity index (χ1) is 18.0. The third-order valence-corrected chi connectivity index (χ3v) is 6.29. The maximum Gasteiger partial charge on any atom is 0.327 e. The van der Waals surface area contributed by atoms with Crippen molar-refractivity contribution in [1.29, 1.82) is 0 Å². The third kappa shape index (κ3) is 4.78. The maximum atomic E-state index is 13.4. The highest BCUT2D eigenvalue weighted by molar-refractivity contribution is 6.01. The number of nitrogens with zero attached hydrogens (tertiary/aromatic N) is 3. The topological polar surface area (TPSA) is 89.7 Å². The molecule has 4 aromatic rings. The summed E-state index contributed by atoms with van der Waals surface area (Å²) in [6, 6.07) is 22.1. The van der Waals surface area contributed by atoms with Crippen LogP contribution in [-0.4, -0.2) is 29.9 Å². The average molecular weight is 497 g/mol. The van der Waals surface area contributed by atoms with Crippen molar-refractivity contribution in [2.45, 2.75) is 26.8 Å². The summed E-state index contributed by atoms with van der Waals surface area (Å²) in [5, 5.41) is 7.37. The van der Waals surface area contributed by atoms with Crippen LogP contribution in [0.3, 0.4) is 0 Å². The summed E-state index contributed by atoms with van der Waals surface area (Å²) in [5.41, 5.74) is 4.90. The Labute approximate surface area is 215 Å². The van der Waals surface area contributed by atoms with Gasteiger partial charge >= 0.3 is 6.03 Å². The Morgan fingerprint density at radius 3 is 2.46 bits per heavy atom. The number of nitrogens with one attached hydrogen (secondary N) is 1. The van der Waals surface area contributed by atoms with Crippen LogP contribution in [0, 0.1) is 6.92 Å². The molecule has 8 heteroatoms. The molecule has 1 N–H and O–H groups in total. The van der Waals surface area contributed by atoms with Gasteiger partial charge in [0.25, 0.3) is 5.89 Å². The quantitative estimate of drug-likeness (QED) is 0.330. The van der Waals surface area contributed by atoms with Crippen molar-refractivity contribution in [3.8, 4) is 22.9 Å². The van der Waals surface area contributed by atoms with Crippen LogP contribution >= 0.6 is 0 Å². The van der Waals surface area contributed by atoms with Crippen molar-refractivity contribution in [3.63, 3.8) is 0 Å². The number of carbonyl (C=O) groups is 1. The highest BCUT2D eigenvalue weighted by atomic mass is 16.5. The van der Waals surface area contributed by atoms with E-state index in [4.69, 9.17) is 19.0 Å². The van der Waals surface area contributed by atoms with E-state index in [0.717, 1.165) is 22.4 Å². The first kappa shape index (κ1) is 24.1. The van der Waals surface area contributed by atoms with Gasteiger partial charge in [0.05, 0.1) is 31.0 Å². The number of hydrogen-bond acceptors (Lipinski definition) is 6. The van der Waals surface area contributed by atoms with Crippen molar-refractivity contribution >= 4 is 17.3 Å². The lowest BCUT2D eigenvalue weighted by atomic mass is 9.94. The van der Waals surface area contributed by atoms with Gasteiger partial charge in [-0.15, -0.1) is 0 Å². The minimum atomic E-state index is -0.503. The first-order valence-electron chi connectivity index (χ1n) is 12.1. The second-order valence-corrected chi connectivity index (χ2v) is 8.71. The third-order valence-electron chi connectivity index (χ3n) is 6.29. The van der Waals surface area contributed by atoms with Gasteiger partial charge in [0.1, 0.15) is 11.5 Å². The number of carbonyl (C=O) groups excluding carboxylic acids is 1. The summed E-state index contributed by atoms with van der Waals surface area (Å²) in [6.45, 7) is 6.42. The van der Waals surface area contributed by atoms with E-state index in [2.05, 4.69) is 10.5 Å². The first-order valence-corrected chi connectivity index (χ1v) is 12.1. The van der Waals surface area contributed by atoms with Gasteiger partial charge in [-0.3, -0.25) is 4.90 Å². The van der Waals surface area contributed by atoms with Gasteiger partial charge in [0.2, 0.25) is 5.82 Å². The van der Waals surface area contributed by atoms with Crippen LogP contribution in [0.15, 0.2) is 83.0 Å². The number of benzene rings is 3. The smallest absolute Gasteiger partial charge is 0.327 e. The number of anilines is 1. The molecule has 0 bridgehead atoms. The molecule has 37 heavy (non-hydrogen) atoms. The van der Waals surface area contributed by atoms with E-state index < -0.39 is 6.04 Å². The molecule has 0 aliphatic carbocycles. The molecule has 2 amide bonds. The number of rotatable bonds is 7. The van der Waals surface area contributed by atoms with E-state index in [1.807, 2.05) is 93.6 Å². The lowest BCUT2D eigenvalue weighted by Gasteiger charge is -2.35. The fourth-order valence-corrected chi connectivity index (χ4v) is 4.41. The van der Waals surface area contributed by atoms with E-state index >= 15 is 0 Å². The Morgan fingerprint density at radius 2 is 1.76 bits per heavy atom. The lowest BCUT2D eigenvalue weighted by molar-refractivity contribution is 0.244. The molecule has 1 aromatic heterocycles. The number of ether oxygens (including phenoxy) is 2. The number of aromatic nitrogens is 2. The zero-order valence-corrected chi connectivity index (χ0v) is 21.2. The zero-order chi connectivity index (χ0) is 25.9. The predicted octanol–water partition coefficient (Wildman–Crippen LogP) is 6.15. The van der Waals surface area contributed by atoms with Crippen LogP contribution in [0.1, 0.15) is 36.9 Å². The molecular formula is C29H28N4O4. The Balaban J connectivity index is 1.62. The number of allylic oxidation sites excluding steroid dienone is 1. The molecule has 0 saturated carbocycles. The largest absolute Gasteiger partial charge is 0.497 e. The number of aryl methyl sites for hydroxylation is 1. The Morgan fingerprint density at radius 1 is 1.00 bits per heavy atom. The number of methoxy groups -OCH3 is 1. The zero-order valence-electron chi connectivity index (χ0n) is 21.2. The van der Waals surface area contributed by atoms with Crippen LogP contribution < -0.4 is 19.7 Å². The Hall–Kier alpha value is -4.59. The maximum absolute atomic E-state index is 13.4. The van der Waals surface area contributed by atoms with E-state index in [1.165, 1.54) is 0 Å². The summed E-state index contributed by atoms with van der Waals surface area (Å²) >= 11 is 0. The Bertz CT molecular complexity index is 1440. The van der Waals surface area contributed by atoms with Crippen molar-refractivity contribution < 1.29 is 18.8 Å². The second-order valence-electron chi connectivity index (χ2n) is 8.71. The molecule has 3 aromatic carbocycles. The minimum Gasteiger partial charge on any atom is -0.497 e. The van der Waals surface area contributed by atoms with Gasteiger partial charge in [-0.1, -0.05) is 53.2 Å². The van der Waals surface area contributed by atoms with Crippen molar-refractivity contribution in [2.24, 2.45) is 0 Å². The second kappa shape index (κ2) is 10.2. The van der Waals surface area contributed by atoms with Gasteiger partial charge in [-0.2, -0.15) is 4.98 Å². The minimum absolute atomic E-state index is 0.272.